The zero-order valence-electron chi connectivity index (χ0n) is 15.1. The van der Waals surface area contributed by atoms with E-state index in [0.29, 0.717) is 18.9 Å². The van der Waals surface area contributed by atoms with Crippen LogP contribution in [0.5, 0.6) is 5.75 Å². The van der Waals surface area contributed by atoms with Crippen LogP contribution >= 0.6 is 12.4 Å². The summed E-state index contributed by atoms with van der Waals surface area (Å²) in [7, 11) is 1.67. The second-order valence-electron chi connectivity index (χ2n) is 6.76. The summed E-state index contributed by atoms with van der Waals surface area (Å²) in [4.78, 5) is 12.1. The Labute approximate surface area is 161 Å². The molecule has 1 aliphatic carbocycles. The van der Waals surface area contributed by atoms with E-state index in [-0.39, 0.29) is 24.4 Å². The average molecular weight is 375 g/mol. The third-order valence-corrected chi connectivity index (χ3v) is 5.03. The Kier molecular flexibility index (Phi) is 7.49. The summed E-state index contributed by atoms with van der Waals surface area (Å²) >= 11 is 0. The maximum absolute atomic E-state index is 12.1. The lowest BCUT2D eigenvalue weighted by Gasteiger charge is -2.14. The van der Waals surface area contributed by atoms with Crippen molar-refractivity contribution in [2.75, 3.05) is 7.11 Å². The summed E-state index contributed by atoms with van der Waals surface area (Å²) in [5, 5.41) is 3.01. The summed E-state index contributed by atoms with van der Waals surface area (Å²) in [5.74, 6) is 1.30. The van der Waals surface area contributed by atoms with E-state index in [0.717, 1.165) is 41.7 Å². The highest BCUT2D eigenvalue weighted by Gasteiger charge is 2.25. The van der Waals surface area contributed by atoms with E-state index < -0.39 is 0 Å². The van der Waals surface area contributed by atoms with Crippen molar-refractivity contribution in [1.29, 1.82) is 0 Å². The first-order chi connectivity index (χ1) is 12.2. The molecule has 0 unspecified atom stereocenters. The van der Waals surface area contributed by atoms with E-state index in [1.165, 1.54) is 0 Å². The van der Waals surface area contributed by atoms with Gasteiger partial charge in [-0.05, 0) is 47.6 Å². The largest absolute Gasteiger partial charge is 0.497 e. The molecule has 0 bridgehead atoms. The van der Waals surface area contributed by atoms with Crippen molar-refractivity contribution in [1.82, 2.24) is 5.32 Å². The monoisotopic (exact) mass is 374 g/mol. The smallest absolute Gasteiger partial charge is 0.220 e. The zero-order chi connectivity index (χ0) is 17.6. The van der Waals surface area contributed by atoms with Crippen LogP contribution in [0.4, 0.5) is 0 Å². The summed E-state index contributed by atoms with van der Waals surface area (Å²) in [6.07, 6.45) is 3.81. The highest BCUT2D eigenvalue weighted by molar-refractivity contribution is 5.85. The number of hydrogen-bond donors (Lipinski definition) is 2. The predicted octanol–water partition coefficient (Wildman–Crippen LogP) is 3.92. The van der Waals surface area contributed by atoms with E-state index >= 15 is 0 Å². The van der Waals surface area contributed by atoms with Crippen LogP contribution in [0.25, 0.3) is 11.1 Å². The molecule has 3 N–H and O–H groups in total. The average Bonchev–Trinajstić information content (AvgIpc) is 3.05. The molecule has 0 spiro atoms. The van der Waals surface area contributed by atoms with E-state index in [2.05, 4.69) is 29.6 Å². The number of carbonyl (C=O) groups excluding carboxylic acids is 1. The molecular formula is C21H27ClN2O2. The Morgan fingerprint density at radius 2 is 1.69 bits per heavy atom. The first-order valence-electron chi connectivity index (χ1n) is 8.91. The third-order valence-electron chi connectivity index (χ3n) is 5.03. The molecule has 140 valence electrons. The molecule has 1 fully saturated rings. The Morgan fingerprint density at radius 3 is 2.23 bits per heavy atom. The fourth-order valence-electron chi connectivity index (χ4n) is 3.43. The fraction of sp³-hybridized carbons (Fsp3) is 0.381. The van der Waals surface area contributed by atoms with Gasteiger partial charge in [-0.1, -0.05) is 42.8 Å². The van der Waals surface area contributed by atoms with Gasteiger partial charge in [0.2, 0.25) is 5.91 Å². The number of nitrogens with one attached hydrogen (secondary N) is 1. The van der Waals surface area contributed by atoms with Gasteiger partial charge in [0, 0.05) is 19.0 Å². The van der Waals surface area contributed by atoms with Crippen molar-refractivity contribution in [2.24, 2.45) is 11.7 Å². The molecule has 0 radical (unpaired) electrons. The van der Waals surface area contributed by atoms with Gasteiger partial charge in [-0.15, -0.1) is 12.4 Å². The number of carbonyl (C=O) groups is 1. The standard InChI is InChI=1S/C21H26N2O2.ClH/c1-25-19-11-9-17(10-12-19)16-7-5-15(6-8-16)14-23-21(24)13-18-3-2-4-20(18)22;/h5-12,18,20H,2-4,13-14,22H2,1H3,(H,23,24);1H/t18-,20+;/m0./s1. The molecule has 0 aliphatic heterocycles. The predicted molar refractivity (Wildman–Crippen MR) is 107 cm³/mol. The normalized spacial score (nSPS) is 18.8. The molecule has 2 aromatic rings. The number of methoxy groups -OCH3 is 1. The molecule has 1 amide bonds. The van der Waals surface area contributed by atoms with Gasteiger partial charge in [0.05, 0.1) is 7.11 Å². The minimum absolute atomic E-state index is 0. The van der Waals surface area contributed by atoms with E-state index in [1.807, 2.05) is 24.3 Å². The maximum Gasteiger partial charge on any atom is 0.220 e. The van der Waals surface area contributed by atoms with Gasteiger partial charge in [0.15, 0.2) is 0 Å². The summed E-state index contributed by atoms with van der Waals surface area (Å²) in [6, 6.07) is 16.5. The number of nitrogens with two attached hydrogens (primary N) is 1. The molecule has 0 aromatic heterocycles. The molecule has 5 heteroatoms. The van der Waals surface area contributed by atoms with Crippen LogP contribution in [0.2, 0.25) is 0 Å². The Bertz CT molecular complexity index is 701. The number of amides is 1. The highest BCUT2D eigenvalue weighted by atomic mass is 35.5. The van der Waals surface area contributed by atoms with Gasteiger partial charge < -0.3 is 15.8 Å². The van der Waals surface area contributed by atoms with Gasteiger partial charge in [-0.25, -0.2) is 0 Å². The van der Waals surface area contributed by atoms with Crippen molar-refractivity contribution >= 4 is 18.3 Å². The first kappa shape index (κ1) is 20.3. The quantitative estimate of drug-likeness (QED) is 0.805. The van der Waals surface area contributed by atoms with E-state index in [4.69, 9.17) is 10.5 Å². The number of ether oxygens (including phenoxy) is 1. The summed E-state index contributed by atoms with van der Waals surface area (Å²) in [5.41, 5.74) is 9.43. The number of rotatable bonds is 6. The van der Waals surface area contributed by atoms with Gasteiger partial charge in [-0.3, -0.25) is 4.79 Å². The molecule has 26 heavy (non-hydrogen) atoms. The fourth-order valence-corrected chi connectivity index (χ4v) is 3.43. The summed E-state index contributed by atoms with van der Waals surface area (Å²) < 4.78 is 5.18. The molecule has 1 aliphatic rings. The lowest BCUT2D eigenvalue weighted by molar-refractivity contribution is -0.122. The lowest BCUT2D eigenvalue weighted by Crippen LogP contribution is -2.31. The van der Waals surface area contributed by atoms with Crippen LogP contribution in [-0.4, -0.2) is 19.1 Å². The minimum Gasteiger partial charge on any atom is -0.497 e. The van der Waals surface area contributed by atoms with E-state index in [9.17, 15) is 4.79 Å². The van der Waals surface area contributed by atoms with Crippen LogP contribution in [0.15, 0.2) is 48.5 Å². The molecule has 3 rings (SSSR count). The van der Waals surface area contributed by atoms with Crippen LogP contribution in [0, 0.1) is 5.92 Å². The van der Waals surface area contributed by atoms with Crippen molar-refractivity contribution in [2.45, 2.75) is 38.3 Å². The van der Waals surface area contributed by atoms with Crippen LogP contribution in [-0.2, 0) is 11.3 Å². The molecule has 4 nitrogen and oxygen atoms in total. The topological polar surface area (TPSA) is 64.3 Å². The zero-order valence-corrected chi connectivity index (χ0v) is 15.9. The summed E-state index contributed by atoms with van der Waals surface area (Å²) in [6.45, 7) is 0.559. The van der Waals surface area contributed by atoms with E-state index in [1.54, 1.807) is 7.11 Å². The second-order valence-corrected chi connectivity index (χ2v) is 6.76. The van der Waals surface area contributed by atoms with Gasteiger partial charge in [0.25, 0.3) is 0 Å². The van der Waals surface area contributed by atoms with Gasteiger partial charge in [0.1, 0.15) is 5.75 Å². The SMILES string of the molecule is COc1ccc(-c2ccc(CNC(=O)C[C@@H]3CCC[C@H]3N)cc2)cc1.Cl. The number of hydrogen-bond acceptors (Lipinski definition) is 3. The maximum atomic E-state index is 12.1. The lowest BCUT2D eigenvalue weighted by atomic mass is 10.00. The molecule has 2 atom stereocenters. The first-order valence-corrected chi connectivity index (χ1v) is 8.91. The van der Waals surface area contributed by atoms with Gasteiger partial charge >= 0.3 is 0 Å². The second kappa shape index (κ2) is 9.60. The van der Waals surface area contributed by atoms with Crippen LogP contribution in [0.1, 0.15) is 31.2 Å². The van der Waals surface area contributed by atoms with Crippen molar-refractivity contribution in [3.8, 4) is 16.9 Å². The Morgan fingerprint density at radius 1 is 1.08 bits per heavy atom. The number of benzene rings is 2. The van der Waals surface area contributed by atoms with Gasteiger partial charge in [-0.2, -0.15) is 0 Å². The third kappa shape index (κ3) is 5.23. The van der Waals surface area contributed by atoms with Crippen molar-refractivity contribution in [3.05, 3.63) is 54.1 Å². The Balaban J connectivity index is 0.00000243. The molecule has 0 heterocycles. The molecule has 0 saturated heterocycles. The Hall–Kier alpha value is -2.04. The highest BCUT2D eigenvalue weighted by Crippen LogP contribution is 2.26. The minimum atomic E-state index is 0. The molecular weight excluding hydrogens is 348 g/mol. The van der Waals surface area contributed by atoms with Crippen molar-refractivity contribution < 1.29 is 9.53 Å². The molecule has 1 saturated carbocycles. The molecule has 2 aromatic carbocycles. The number of halogens is 1. The van der Waals surface area contributed by atoms with Crippen molar-refractivity contribution in [3.63, 3.8) is 0 Å². The van der Waals surface area contributed by atoms with Crippen LogP contribution < -0.4 is 15.8 Å². The van der Waals surface area contributed by atoms with Crippen LogP contribution in [0.3, 0.4) is 0 Å².